The predicted molar refractivity (Wildman–Crippen MR) is 165 cm³/mol. The molecule has 0 N–H and O–H groups in total. The van der Waals surface area contributed by atoms with E-state index in [0.717, 1.165) is 38.5 Å². The minimum absolute atomic E-state index is 0.0251. The van der Waals surface area contributed by atoms with Crippen LogP contribution in [0.25, 0.3) is 0 Å². The van der Waals surface area contributed by atoms with Gasteiger partial charge >= 0.3 is 0 Å². The maximum absolute atomic E-state index is 6.77. The highest BCUT2D eigenvalue weighted by molar-refractivity contribution is 4.91. The van der Waals surface area contributed by atoms with Crippen molar-refractivity contribution in [3.8, 4) is 0 Å². The van der Waals surface area contributed by atoms with E-state index < -0.39 is 11.6 Å². The van der Waals surface area contributed by atoms with Gasteiger partial charge in [-0.2, -0.15) is 0 Å². The topological polar surface area (TPSA) is 64.6 Å². The quantitative estimate of drug-likeness (QED) is 0.0944. The van der Waals surface area contributed by atoms with E-state index in [0.29, 0.717) is 39.6 Å². The van der Waals surface area contributed by atoms with Crippen LogP contribution in [-0.2, 0) is 33.2 Å². The van der Waals surface area contributed by atoms with Crippen LogP contribution in [0.1, 0.15) is 144 Å². The smallest absolute Gasteiger partial charge is 0.194 e. The van der Waals surface area contributed by atoms with Gasteiger partial charge in [0.25, 0.3) is 0 Å². The number of rotatable bonds is 26. The Hall–Kier alpha value is -0.280. The summed E-state index contributed by atoms with van der Waals surface area (Å²) in [5, 5.41) is 0. The molecule has 0 saturated carbocycles. The first-order valence-corrected chi connectivity index (χ1v) is 17.4. The Morgan fingerprint density at radius 1 is 0.585 bits per heavy atom. The van der Waals surface area contributed by atoms with E-state index in [9.17, 15) is 0 Å². The Kier molecular flexibility index (Phi) is 19.3. The maximum Gasteiger partial charge on any atom is 0.194 e. The molecule has 2 aliphatic heterocycles. The number of unbranched alkanes of at least 4 members (excludes halogenated alkanes) is 10. The molecular formula is C34H66O7. The summed E-state index contributed by atoms with van der Waals surface area (Å²) in [6.45, 7) is 16.7. The molecule has 2 heterocycles. The molecule has 0 aliphatic carbocycles. The second-order valence-corrected chi connectivity index (χ2v) is 12.2. The fourth-order valence-electron chi connectivity index (χ4n) is 6.07. The molecule has 244 valence electrons. The number of ether oxygens (including phenoxy) is 7. The largest absolute Gasteiger partial charge is 0.379 e. The van der Waals surface area contributed by atoms with Gasteiger partial charge in [-0.05, 0) is 53.4 Å². The van der Waals surface area contributed by atoms with E-state index in [1.807, 2.05) is 13.8 Å². The summed E-state index contributed by atoms with van der Waals surface area (Å²) in [5.41, 5.74) is 0. The Labute approximate surface area is 253 Å². The standard InChI is InChI=1S/C34H66O7/c1-7-11-13-15-17-19-25-37-33(23-21-31(40-33)27-35-9-3)29(5)39-30(6)34(24-22-32(41-34)28-36-10-4)38-26-20-18-16-14-12-8-2/h29-32H,7-28H2,1-6H3. The zero-order valence-corrected chi connectivity index (χ0v) is 27.7. The molecule has 2 aliphatic rings. The van der Waals surface area contributed by atoms with Gasteiger partial charge in [-0.1, -0.05) is 78.1 Å². The summed E-state index contributed by atoms with van der Waals surface area (Å²) in [5.74, 6) is -1.55. The number of hydrogen-bond acceptors (Lipinski definition) is 7. The predicted octanol–water partition coefficient (Wildman–Crippen LogP) is 8.36. The van der Waals surface area contributed by atoms with Crippen LogP contribution in [0.15, 0.2) is 0 Å². The third-order valence-corrected chi connectivity index (χ3v) is 8.71. The third kappa shape index (κ3) is 13.1. The lowest BCUT2D eigenvalue weighted by Crippen LogP contribution is -2.52. The molecule has 0 spiro atoms. The van der Waals surface area contributed by atoms with Crippen LogP contribution in [-0.4, -0.2) is 75.6 Å². The zero-order chi connectivity index (χ0) is 29.8. The lowest BCUT2D eigenvalue weighted by Gasteiger charge is -2.41. The first-order chi connectivity index (χ1) is 19.9. The first-order valence-electron chi connectivity index (χ1n) is 17.4. The molecule has 0 amide bonds. The van der Waals surface area contributed by atoms with E-state index in [1.54, 1.807) is 0 Å². The van der Waals surface area contributed by atoms with Crippen molar-refractivity contribution in [1.82, 2.24) is 0 Å². The molecule has 41 heavy (non-hydrogen) atoms. The second-order valence-electron chi connectivity index (χ2n) is 12.2. The van der Waals surface area contributed by atoms with Gasteiger partial charge in [0.05, 0.1) is 38.6 Å². The fourth-order valence-corrected chi connectivity index (χ4v) is 6.07. The highest BCUT2D eigenvalue weighted by Crippen LogP contribution is 2.41. The summed E-state index contributed by atoms with van der Waals surface area (Å²) in [7, 11) is 0. The van der Waals surface area contributed by atoms with Crippen LogP contribution in [0.2, 0.25) is 0 Å². The molecule has 7 heteroatoms. The van der Waals surface area contributed by atoms with E-state index in [4.69, 9.17) is 33.2 Å². The molecule has 6 unspecified atom stereocenters. The van der Waals surface area contributed by atoms with Gasteiger partial charge in [-0.25, -0.2) is 0 Å². The monoisotopic (exact) mass is 586 g/mol. The van der Waals surface area contributed by atoms with Crippen molar-refractivity contribution in [1.29, 1.82) is 0 Å². The van der Waals surface area contributed by atoms with Crippen molar-refractivity contribution in [2.24, 2.45) is 0 Å². The Morgan fingerprint density at radius 2 is 0.976 bits per heavy atom. The van der Waals surface area contributed by atoms with Crippen molar-refractivity contribution >= 4 is 0 Å². The summed E-state index contributed by atoms with van der Waals surface area (Å²) in [6.07, 6.45) is 17.7. The molecule has 2 fully saturated rings. The van der Waals surface area contributed by atoms with E-state index in [2.05, 4.69) is 27.7 Å². The normalized spacial score (nSPS) is 28.0. The first kappa shape index (κ1) is 36.9. The summed E-state index contributed by atoms with van der Waals surface area (Å²) >= 11 is 0. The van der Waals surface area contributed by atoms with Gasteiger partial charge in [0, 0.05) is 26.1 Å². The van der Waals surface area contributed by atoms with Crippen LogP contribution < -0.4 is 0 Å². The molecule has 2 saturated heterocycles. The van der Waals surface area contributed by atoms with E-state index in [-0.39, 0.29) is 24.4 Å². The number of hydrogen-bond donors (Lipinski definition) is 0. The van der Waals surface area contributed by atoms with Gasteiger partial charge in [0.1, 0.15) is 12.2 Å². The Balaban J connectivity index is 2.02. The van der Waals surface area contributed by atoms with Crippen molar-refractivity contribution in [3.63, 3.8) is 0 Å². The van der Waals surface area contributed by atoms with Crippen molar-refractivity contribution in [3.05, 3.63) is 0 Å². The molecule has 7 nitrogen and oxygen atoms in total. The summed E-state index contributed by atoms with van der Waals surface area (Å²) in [4.78, 5) is 0. The van der Waals surface area contributed by atoms with Crippen LogP contribution in [0, 0.1) is 0 Å². The Bertz CT molecular complexity index is 582. The van der Waals surface area contributed by atoms with Gasteiger partial charge in [0.15, 0.2) is 11.6 Å². The van der Waals surface area contributed by atoms with Crippen LogP contribution >= 0.6 is 0 Å². The van der Waals surface area contributed by atoms with Gasteiger partial charge in [-0.15, -0.1) is 0 Å². The molecule has 2 rings (SSSR count). The highest BCUT2D eigenvalue weighted by atomic mass is 16.8. The molecule has 0 aromatic heterocycles. The SMILES string of the molecule is CCCCCCCCOC1(C(C)OC(C)C2(OCCCCCCCC)CCC(COCC)O2)CCC(COCC)O1. The molecular weight excluding hydrogens is 520 g/mol. The average Bonchev–Trinajstić information content (AvgIpc) is 3.60. The maximum atomic E-state index is 6.77. The van der Waals surface area contributed by atoms with Crippen LogP contribution in [0.5, 0.6) is 0 Å². The fraction of sp³-hybridized carbons (Fsp3) is 1.00. The van der Waals surface area contributed by atoms with Crippen molar-refractivity contribution in [2.75, 3.05) is 39.6 Å². The lowest BCUT2D eigenvalue weighted by atomic mass is 10.0. The molecule has 0 bridgehead atoms. The summed E-state index contributed by atoms with van der Waals surface area (Å²) < 4.78 is 44.5. The van der Waals surface area contributed by atoms with E-state index in [1.165, 1.54) is 64.2 Å². The van der Waals surface area contributed by atoms with Crippen LogP contribution in [0.4, 0.5) is 0 Å². The zero-order valence-electron chi connectivity index (χ0n) is 27.7. The molecule has 0 aromatic rings. The van der Waals surface area contributed by atoms with Crippen molar-refractivity contribution in [2.45, 2.75) is 180 Å². The van der Waals surface area contributed by atoms with Gasteiger partial charge in [0.2, 0.25) is 0 Å². The molecule has 0 aromatic carbocycles. The Morgan fingerprint density at radius 3 is 1.37 bits per heavy atom. The van der Waals surface area contributed by atoms with E-state index >= 15 is 0 Å². The third-order valence-electron chi connectivity index (χ3n) is 8.71. The molecule has 0 radical (unpaired) electrons. The minimum Gasteiger partial charge on any atom is -0.379 e. The van der Waals surface area contributed by atoms with Gasteiger partial charge in [-0.3, -0.25) is 0 Å². The second kappa shape index (κ2) is 21.4. The van der Waals surface area contributed by atoms with Crippen LogP contribution in [0.3, 0.4) is 0 Å². The minimum atomic E-state index is -0.775. The van der Waals surface area contributed by atoms with Crippen molar-refractivity contribution < 1.29 is 33.2 Å². The average molecular weight is 587 g/mol. The summed E-state index contributed by atoms with van der Waals surface area (Å²) in [6, 6.07) is 0. The lowest BCUT2D eigenvalue weighted by molar-refractivity contribution is -0.328. The highest BCUT2D eigenvalue weighted by Gasteiger charge is 2.51. The molecule has 6 atom stereocenters. The van der Waals surface area contributed by atoms with Gasteiger partial charge < -0.3 is 33.2 Å².